The van der Waals surface area contributed by atoms with Crippen molar-refractivity contribution in [2.45, 2.75) is 38.3 Å². The SMILES string of the molecule is CCNC(=O)[C@@H](C)N(Cc1ccc(Br)cc1)C(=O)CN(c1cccc(Br)c1)S(=O)(=O)c1ccc(C)cc1. The molecule has 10 heteroatoms. The summed E-state index contributed by atoms with van der Waals surface area (Å²) in [6.07, 6.45) is 0. The minimum Gasteiger partial charge on any atom is -0.355 e. The van der Waals surface area contributed by atoms with E-state index in [0.29, 0.717) is 16.7 Å². The van der Waals surface area contributed by atoms with E-state index in [0.717, 1.165) is 19.9 Å². The Morgan fingerprint density at radius 2 is 1.59 bits per heavy atom. The summed E-state index contributed by atoms with van der Waals surface area (Å²) in [6.45, 7) is 5.38. The molecule has 0 radical (unpaired) electrons. The predicted octanol–water partition coefficient (Wildman–Crippen LogP) is 5.27. The first kappa shape index (κ1) is 28.9. The fourth-order valence-corrected chi connectivity index (χ4v) is 5.75. The molecule has 0 fully saturated rings. The Hall–Kier alpha value is -2.69. The number of sulfonamides is 1. The number of hydrogen-bond donors (Lipinski definition) is 1. The first-order valence-electron chi connectivity index (χ1n) is 11.7. The molecule has 0 aliphatic carbocycles. The zero-order valence-electron chi connectivity index (χ0n) is 20.8. The van der Waals surface area contributed by atoms with Crippen molar-refractivity contribution in [2.75, 3.05) is 17.4 Å². The first-order valence-corrected chi connectivity index (χ1v) is 14.7. The lowest BCUT2D eigenvalue weighted by Crippen LogP contribution is -2.51. The van der Waals surface area contributed by atoms with Gasteiger partial charge in [0.05, 0.1) is 10.6 Å². The summed E-state index contributed by atoms with van der Waals surface area (Å²) in [5.41, 5.74) is 2.06. The van der Waals surface area contributed by atoms with Crippen LogP contribution in [0.1, 0.15) is 25.0 Å². The van der Waals surface area contributed by atoms with Gasteiger partial charge in [-0.15, -0.1) is 0 Å². The molecule has 3 aromatic rings. The van der Waals surface area contributed by atoms with Crippen LogP contribution in [0.5, 0.6) is 0 Å². The van der Waals surface area contributed by atoms with Crippen LogP contribution in [-0.2, 0) is 26.2 Å². The van der Waals surface area contributed by atoms with Crippen LogP contribution in [0, 0.1) is 6.92 Å². The number of rotatable bonds is 10. The molecule has 2 amide bonds. The monoisotopic (exact) mass is 649 g/mol. The highest BCUT2D eigenvalue weighted by atomic mass is 79.9. The summed E-state index contributed by atoms with van der Waals surface area (Å²) in [5, 5.41) is 2.75. The Morgan fingerprint density at radius 1 is 0.946 bits per heavy atom. The highest BCUT2D eigenvalue weighted by molar-refractivity contribution is 9.10. The number of anilines is 1. The summed E-state index contributed by atoms with van der Waals surface area (Å²) in [4.78, 5) is 28.0. The lowest BCUT2D eigenvalue weighted by Gasteiger charge is -2.32. The molecule has 0 aromatic heterocycles. The maximum absolute atomic E-state index is 13.8. The molecule has 0 bridgehead atoms. The Bertz CT molecular complexity index is 1350. The summed E-state index contributed by atoms with van der Waals surface area (Å²) in [5.74, 6) is -0.819. The third-order valence-corrected chi connectivity index (χ3v) is 8.58. The largest absolute Gasteiger partial charge is 0.355 e. The van der Waals surface area contributed by atoms with Crippen LogP contribution in [0.2, 0.25) is 0 Å². The third kappa shape index (κ3) is 7.43. The molecule has 0 saturated heterocycles. The van der Waals surface area contributed by atoms with E-state index in [1.165, 1.54) is 17.0 Å². The first-order chi connectivity index (χ1) is 17.5. The second-order valence-corrected chi connectivity index (χ2v) is 12.2. The summed E-state index contributed by atoms with van der Waals surface area (Å²) < 4.78 is 30.2. The zero-order chi connectivity index (χ0) is 27.2. The molecule has 0 unspecified atom stereocenters. The molecule has 7 nitrogen and oxygen atoms in total. The number of nitrogens with zero attached hydrogens (tertiary/aromatic N) is 2. The molecule has 0 spiro atoms. The maximum Gasteiger partial charge on any atom is 0.264 e. The van der Waals surface area contributed by atoms with E-state index < -0.39 is 28.5 Å². The van der Waals surface area contributed by atoms with Crippen molar-refractivity contribution in [3.63, 3.8) is 0 Å². The minimum atomic E-state index is -4.09. The second kappa shape index (κ2) is 12.7. The van der Waals surface area contributed by atoms with Crippen LogP contribution in [0.4, 0.5) is 5.69 Å². The Balaban J connectivity index is 2.02. The van der Waals surface area contributed by atoms with E-state index in [2.05, 4.69) is 37.2 Å². The van der Waals surface area contributed by atoms with Gasteiger partial charge in [-0.2, -0.15) is 0 Å². The van der Waals surface area contributed by atoms with Crippen molar-refractivity contribution in [1.29, 1.82) is 0 Å². The van der Waals surface area contributed by atoms with Gasteiger partial charge in [-0.3, -0.25) is 13.9 Å². The highest BCUT2D eigenvalue weighted by Crippen LogP contribution is 2.27. The highest BCUT2D eigenvalue weighted by Gasteiger charge is 2.32. The van der Waals surface area contributed by atoms with Gasteiger partial charge >= 0.3 is 0 Å². The van der Waals surface area contributed by atoms with E-state index in [1.54, 1.807) is 50.2 Å². The van der Waals surface area contributed by atoms with Gasteiger partial charge in [0, 0.05) is 22.0 Å². The van der Waals surface area contributed by atoms with E-state index in [9.17, 15) is 18.0 Å². The molecule has 3 aromatic carbocycles. The molecule has 37 heavy (non-hydrogen) atoms. The van der Waals surface area contributed by atoms with E-state index in [-0.39, 0.29) is 17.3 Å². The van der Waals surface area contributed by atoms with E-state index >= 15 is 0 Å². The fourth-order valence-electron chi connectivity index (χ4n) is 3.69. The Morgan fingerprint density at radius 3 is 2.19 bits per heavy atom. The van der Waals surface area contributed by atoms with Crippen LogP contribution < -0.4 is 9.62 Å². The number of benzene rings is 3. The van der Waals surface area contributed by atoms with Crippen LogP contribution in [0.3, 0.4) is 0 Å². The molecule has 3 rings (SSSR count). The van der Waals surface area contributed by atoms with Crippen molar-refractivity contribution >= 4 is 59.4 Å². The molecule has 0 heterocycles. The quantitative estimate of drug-likeness (QED) is 0.324. The summed E-state index contributed by atoms with van der Waals surface area (Å²) in [7, 11) is -4.09. The van der Waals surface area contributed by atoms with Crippen LogP contribution in [0.25, 0.3) is 0 Å². The predicted molar refractivity (Wildman–Crippen MR) is 153 cm³/mol. The molecule has 196 valence electrons. The number of likely N-dealkylation sites (N-methyl/N-ethyl adjacent to an activating group) is 1. The van der Waals surface area contributed by atoms with Crippen LogP contribution in [0.15, 0.2) is 86.6 Å². The minimum absolute atomic E-state index is 0.0714. The zero-order valence-corrected chi connectivity index (χ0v) is 24.8. The van der Waals surface area contributed by atoms with Gasteiger partial charge in [-0.05, 0) is 68.8 Å². The number of carbonyl (C=O) groups excluding carboxylic acids is 2. The molecule has 1 atom stereocenters. The number of amides is 2. The average Bonchev–Trinajstić information content (AvgIpc) is 2.86. The van der Waals surface area contributed by atoms with Crippen molar-refractivity contribution < 1.29 is 18.0 Å². The standard InChI is InChI=1S/C27H29Br2N3O4S/c1-4-30-27(34)20(3)31(17-21-10-12-22(28)13-11-21)26(33)18-32(24-7-5-6-23(29)16-24)37(35,36)25-14-8-19(2)9-15-25/h5-16,20H,4,17-18H2,1-3H3,(H,30,34)/t20-/m1/s1. The normalized spacial score (nSPS) is 12.0. The lowest BCUT2D eigenvalue weighted by atomic mass is 10.1. The number of aryl methyl sites for hydroxylation is 1. The van der Waals surface area contributed by atoms with Gasteiger partial charge in [-0.25, -0.2) is 8.42 Å². The smallest absolute Gasteiger partial charge is 0.264 e. The lowest BCUT2D eigenvalue weighted by molar-refractivity contribution is -0.139. The van der Waals surface area contributed by atoms with Crippen molar-refractivity contribution in [2.24, 2.45) is 0 Å². The molecule has 1 N–H and O–H groups in total. The molecular formula is C27H29Br2N3O4S. The van der Waals surface area contributed by atoms with E-state index in [4.69, 9.17) is 0 Å². The van der Waals surface area contributed by atoms with Crippen LogP contribution >= 0.6 is 31.9 Å². The van der Waals surface area contributed by atoms with Gasteiger partial charge in [0.25, 0.3) is 10.0 Å². The van der Waals surface area contributed by atoms with Gasteiger partial charge in [0.15, 0.2) is 0 Å². The molecule has 0 saturated carbocycles. The number of halogens is 2. The Kier molecular flexibility index (Phi) is 9.92. The molecule has 0 aliphatic heterocycles. The van der Waals surface area contributed by atoms with Gasteiger partial charge in [-0.1, -0.05) is 67.8 Å². The third-order valence-electron chi connectivity index (χ3n) is 5.77. The second-order valence-electron chi connectivity index (χ2n) is 8.52. The number of hydrogen-bond acceptors (Lipinski definition) is 4. The Labute approximate surface area is 235 Å². The summed E-state index contributed by atoms with van der Waals surface area (Å²) >= 11 is 6.80. The fraction of sp³-hybridized carbons (Fsp3) is 0.259. The summed E-state index contributed by atoms with van der Waals surface area (Å²) in [6, 6.07) is 19.8. The van der Waals surface area contributed by atoms with Crippen molar-refractivity contribution in [1.82, 2.24) is 10.2 Å². The number of nitrogens with one attached hydrogen (secondary N) is 1. The van der Waals surface area contributed by atoms with E-state index in [1.807, 2.05) is 31.2 Å². The van der Waals surface area contributed by atoms with Crippen molar-refractivity contribution in [3.8, 4) is 0 Å². The molecular weight excluding hydrogens is 622 g/mol. The van der Waals surface area contributed by atoms with Gasteiger partial charge in [0.1, 0.15) is 12.6 Å². The van der Waals surface area contributed by atoms with Crippen molar-refractivity contribution in [3.05, 3.63) is 92.9 Å². The average molecular weight is 651 g/mol. The topological polar surface area (TPSA) is 86.8 Å². The number of carbonyl (C=O) groups is 2. The van der Waals surface area contributed by atoms with Crippen LogP contribution in [-0.4, -0.2) is 44.3 Å². The maximum atomic E-state index is 13.8. The van der Waals surface area contributed by atoms with Gasteiger partial charge in [0.2, 0.25) is 11.8 Å². The van der Waals surface area contributed by atoms with Gasteiger partial charge < -0.3 is 10.2 Å². The molecule has 0 aliphatic rings.